The number of benzene rings is 1. The van der Waals surface area contributed by atoms with Gasteiger partial charge in [0.1, 0.15) is 0 Å². The number of rotatable bonds is 4. The van der Waals surface area contributed by atoms with Crippen LogP contribution < -0.4 is 5.32 Å². The van der Waals surface area contributed by atoms with Crippen LogP contribution in [0.25, 0.3) is 0 Å². The van der Waals surface area contributed by atoms with Gasteiger partial charge in [-0.15, -0.1) is 0 Å². The maximum Gasteiger partial charge on any atom is 0.261 e. The normalized spacial score (nSPS) is 13.8. The molecule has 0 saturated carbocycles. The minimum atomic E-state index is -3.77. The molecule has 0 aliphatic carbocycles. The molecule has 0 heterocycles. The highest BCUT2D eigenvalue weighted by molar-refractivity contribution is 8.13. The van der Waals surface area contributed by atoms with Gasteiger partial charge >= 0.3 is 0 Å². The molecule has 6 heteroatoms. The van der Waals surface area contributed by atoms with Crippen molar-refractivity contribution >= 4 is 25.6 Å². The highest BCUT2D eigenvalue weighted by Crippen LogP contribution is 2.24. The van der Waals surface area contributed by atoms with Crippen LogP contribution in [0.4, 0.5) is 0 Å². The van der Waals surface area contributed by atoms with E-state index in [4.69, 9.17) is 10.7 Å². The summed E-state index contributed by atoms with van der Waals surface area (Å²) in [5.41, 5.74) is 1.15. The molecule has 0 radical (unpaired) electrons. The second kappa shape index (κ2) is 6.36. The molecule has 4 nitrogen and oxygen atoms in total. The average molecular weight is 332 g/mol. The minimum Gasteiger partial charge on any atom is -0.352 e. The summed E-state index contributed by atoms with van der Waals surface area (Å²) in [6, 6.07) is 4.24. The van der Waals surface area contributed by atoms with Crippen molar-refractivity contribution < 1.29 is 13.2 Å². The zero-order valence-electron chi connectivity index (χ0n) is 13.0. The van der Waals surface area contributed by atoms with Gasteiger partial charge in [-0.3, -0.25) is 4.79 Å². The molecular weight excluding hydrogens is 310 g/mol. The summed E-state index contributed by atoms with van der Waals surface area (Å²) in [7, 11) is 1.51. The molecule has 1 aromatic carbocycles. The Labute approximate surface area is 131 Å². The van der Waals surface area contributed by atoms with Crippen molar-refractivity contribution in [3.8, 4) is 0 Å². The van der Waals surface area contributed by atoms with Gasteiger partial charge in [-0.05, 0) is 42.0 Å². The molecule has 0 spiro atoms. The van der Waals surface area contributed by atoms with Gasteiger partial charge in [-0.2, -0.15) is 0 Å². The molecule has 1 rings (SSSR count). The largest absolute Gasteiger partial charge is 0.352 e. The Kier molecular flexibility index (Phi) is 5.45. The number of carbonyl (C=O) groups excluding carboxylic acids is 1. The third kappa shape index (κ3) is 5.00. The molecule has 0 bridgehead atoms. The van der Waals surface area contributed by atoms with Crippen LogP contribution in [-0.4, -0.2) is 20.9 Å². The lowest BCUT2D eigenvalue weighted by Gasteiger charge is -2.27. The molecule has 0 fully saturated rings. The zero-order valence-corrected chi connectivity index (χ0v) is 14.6. The first-order valence-electron chi connectivity index (χ1n) is 6.76. The van der Waals surface area contributed by atoms with E-state index < -0.39 is 9.05 Å². The molecule has 1 amide bonds. The molecule has 1 unspecified atom stereocenters. The second-order valence-corrected chi connectivity index (χ2v) is 8.96. The van der Waals surface area contributed by atoms with Crippen LogP contribution in [-0.2, 0) is 9.05 Å². The lowest BCUT2D eigenvalue weighted by molar-refractivity contribution is 0.0936. The topological polar surface area (TPSA) is 63.2 Å². The molecular formula is C15H22ClNO3S. The van der Waals surface area contributed by atoms with E-state index in [-0.39, 0.29) is 16.2 Å². The van der Waals surface area contributed by atoms with Crippen LogP contribution in [0.5, 0.6) is 0 Å². The molecule has 0 aliphatic rings. The lowest BCUT2D eigenvalue weighted by Crippen LogP contribution is -2.34. The Hall–Kier alpha value is -1.07. The number of carbonyl (C=O) groups is 1. The van der Waals surface area contributed by atoms with E-state index in [2.05, 4.69) is 33.0 Å². The average Bonchev–Trinajstić information content (AvgIpc) is 2.33. The maximum absolute atomic E-state index is 12.2. The van der Waals surface area contributed by atoms with Gasteiger partial charge in [0, 0.05) is 22.8 Å². The fourth-order valence-corrected chi connectivity index (χ4v) is 2.53. The van der Waals surface area contributed by atoms with E-state index in [1.807, 2.05) is 0 Å². The Morgan fingerprint density at radius 2 is 1.90 bits per heavy atom. The summed E-state index contributed by atoms with van der Waals surface area (Å²) < 4.78 is 22.5. The molecule has 21 heavy (non-hydrogen) atoms. The summed E-state index contributed by atoms with van der Waals surface area (Å²) >= 11 is 0. The molecule has 0 saturated heterocycles. The predicted octanol–water partition coefficient (Wildman–Crippen LogP) is 3.33. The van der Waals surface area contributed by atoms with E-state index in [9.17, 15) is 13.2 Å². The number of hydrogen-bond donors (Lipinski definition) is 1. The minimum absolute atomic E-state index is 0.00118. The van der Waals surface area contributed by atoms with E-state index in [1.54, 1.807) is 6.92 Å². The third-order valence-corrected chi connectivity index (χ3v) is 5.12. The van der Waals surface area contributed by atoms with Gasteiger partial charge in [0.05, 0.1) is 4.90 Å². The van der Waals surface area contributed by atoms with E-state index in [0.717, 1.165) is 0 Å². The predicted molar refractivity (Wildman–Crippen MR) is 85.2 cm³/mol. The van der Waals surface area contributed by atoms with Crippen LogP contribution in [0.1, 0.15) is 43.6 Å². The highest BCUT2D eigenvalue weighted by Gasteiger charge is 2.21. The van der Waals surface area contributed by atoms with E-state index in [0.29, 0.717) is 23.6 Å². The van der Waals surface area contributed by atoms with Crippen molar-refractivity contribution in [1.82, 2.24) is 5.32 Å². The first-order valence-corrected chi connectivity index (χ1v) is 9.07. The number of hydrogen-bond acceptors (Lipinski definition) is 3. The lowest BCUT2D eigenvalue weighted by atomic mass is 9.82. The maximum atomic E-state index is 12.2. The van der Waals surface area contributed by atoms with Crippen LogP contribution in [0, 0.1) is 18.3 Å². The molecule has 1 N–H and O–H groups in total. The van der Waals surface area contributed by atoms with Crippen molar-refractivity contribution in [2.75, 3.05) is 6.54 Å². The fraction of sp³-hybridized carbons (Fsp3) is 0.533. The van der Waals surface area contributed by atoms with Crippen LogP contribution in [0.15, 0.2) is 23.1 Å². The Bertz CT molecular complexity index is 633. The summed E-state index contributed by atoms with van der Waals surface area (Å²) in [6.45, 7) is 10.7. The van der Waals surface area contributed by atoms with E-state index >= 15 is 0 Å². The molecule has 118 valence electrons. The first-order chi connectivity index (χ1) is 9.43. The molecule has 0 aromatic heterocycles. The molecule has 1 aromatic rings. The van der Waals surface area contributed by atoms with Crippen molar-refractivity contribution in [3.63, 3.8) is 0 Å². The highest BCUT2D eigenvalue weighted by atomic mass is 35.7. The standard InChI is InChI=1S/C15H22ClNO3S/c1-10-8-12(21(16,19)20)6-7-13(10)14(18)17-9-11(2)15(3,4)5/h6-8,11H,9H2,1-5H3,(H,17,18). The summed E-state index contributed by atoms with van der Waals surface area (Å²) in [6.07, 6.45) is 0. The number of nitrogens with one attached hydrogen (secondary N) is 1. The van der Waals surface area contributed by atoms with Gasteiger partial charge in [-0.1, -0.05) is 27.7 Å². The van der Waals surface area contributed by atoms with Gasteiger partial charge in [-0.25, -0.2) is 8.42 Å². The van der Waals surface area contributed by atoms with Crippen molar-refractivity contribution in [2.24, 2.45) is 11.3 Å². The number of amides is 1. The fourth-order valence-electron chi connectivity index (χ4n) is 1.69. The Morgan fingerprint density at radius 3 is 2.33 bits per heavy atom. The van der Waals surface area contributed by atoms with Crippen molar-refractivity contribution in [2.45, 2.75) is 39.5 Å². The smallest absolute Gasteiger partial charge is 0.261 e. The summed E-state index contributed by atoms with van der Waals surface area (Å²) in [4.78, 5) is 12.2. The van der Waals surface area contributed by atoms with Gasteiger partial charge in [0.15, 0.2) is 0 Å². The van der Waals surface area contributed by atoms with Gasteiger partial charge in [0.2, 0.25) is 0 Å². The van der Waals surface area contributed by atoms with E-state index in [1.165, 1.54) is 18.2 Å². The number of aryl methyl sites for hydroxylation is 1. The Balaban J connectivity index is 2.85. The molecule has 1 atom stereocenters. The van der Waals surface area contributed by atoms with Crippen LogP contribution in [0.2, 0.25) is 0 Å². The summed E-state index contributed by atoms with van der Waals surface area (Å²) in [5.74, 6) is 0.117. The molecule has 0 aliphatic heterocycles. The van der Waals surface area contributed by atoms with Gasteiger partial charge < -0.3 is 5.32 Å². The second-order valence-electron chi connectivity index (χ2n) is 6.39. The van der Waals surface area contributed by atoms with Crippen LogP contribution in [0.3, 0.4) is 0 Å². The Morgan fingerprint density at radius 1 is 1.33 bits per heavy atom. The number of halogens is 1. The van der Waals surface area contributed by atoms with Crippen LogP contribution >= 0.6 is 10.7 Å². The zero-order chi connectivity index (χ0) is 16.4. The van der Waals surface area contributed by atoms with Crippen molar-refractivity contribution in [1.29, 1.82) is 0 Å². The SMILES string of the molecule is Cc1cc(S(=O)(=O)Cl)ccc1C(=O)NCC(C)C(C)(C)C. The van der Waals surface area contributed by atoms with Gasteiger partial charge in [0.25, 0.3) is 15.0 Å². The summed E-state index contributed by atoms with van der Waals surface area (Å²) in [5, 5.41) is 2.88. The third-order valence-electron chi connectivity index (χ3n) is 3.77. The first kappa shape index (κ1) is 18.0. The quantitative estimate of drug-likeness (QED) is 0.861. The monoisotopic (exact) mass is 331 g/mol. The van der Waals surface area contributed by atoms with Crippen molar-refractivity contribution in [3.05, 3.63) is 29.3 Å².